The molecule has 0 radical (unpaired) electrons. The molecule has 0 atom stereocenters. The van der Waals surface area contributed by atoms with Crippen molar-refractivity contribution in [3.8, 4) is 6.07 Å². The number of nitriles is 1. The molecular weight excluding hydrogens is 210 g/mol. The largest absolute Gasteiger partial charge is 0.342 e. The molecule has 3 rings (SSSR count). The molecular formula is C14H15N3. The van der Waals surface area contributed by atoms with Crippen molar-refractivity contribution in [2.75, 3.05) is 0 Å². The first kappa shape index (κ1) is 10.3. The predicted molar refractivity (Wildman–Crippen MR) is 66.6 cm³/mol. The summed E-state index contributed by atoms with van der Waals surface area (Å²) in [7, 11) is 0. The van der Waals surface area contributed by atoms with E-state index in [4.69, 9.17) is 5.26 Å². The second-order valence-electron chi connectivity index (χ2n) is 4.76. The Morgan fingerprint density at radius 2 is 2.29 bits per heavy atom. The van der Waals surface area contributed by atoms with E-state index in [1.54, 1.807) is 0 Å². The quantitative estimate of drug-likeness (QED) is 0.871. The highest BCUT2D eigenvalue weighted by Gasteiger charge is 2.22. The number of nitrogens with zero attached hydrogens (tertiary/aromatic N) is 2. The molecule has 0 unspecified atom stereocenters. The molecule has 1 aliphatic rings. The van der Waals surface area contributed by atoms with Crippen molar-refractivity contribution < 1.29 is 0 Å². The standard InChI is InChI=1S/C14H15N3/c15-8-2-3-10-6-7-12-13(9-10)17-14(16-12)11-4-1-5-11/h6-7,9,11H,1-5H2,(H,16,17). The third kappa shape index (κ3) is 1.91. The zero-order chi connectivity index (χ0) is 11.7. The molecule has 0 bridgehead atoms. The molecule has 1 aromatic heterocycles. The summed E-state index contributed by atoms with van der Waals surface area (Å²) in [4.78, 5) is 8.06. The Morgan fingerprint density at radius 3 is 3.00 bits per heavy atom. The molecule has 1 N–H and O–H groups in total. The smallest absolute Gasteiger partial charge is 0.110 e. The molecule has 1 saturated carbocycles. The molecule has 0 spiro atoms. The van der Waals surface area contributed by atoms with Gasteiger partial charge in [0.05, 0.1) is 17.1 Å². The summed E-state index contributed by atoms with van der Waals surface area (Å²) in [6.45, 7) is 0. The highest BCUT2D eigenvalue weighted by atomic mass is 14.9. The summed E-state index contributed by atoms with van der Waals surface area (Å²) in [6.07, 6.45) is 5.26. The Labute approximate surface area is 100 Å². The van der Waals surface area contributed by atoms with Crippen LogP contribution in [0.15, 0.2) is 18.2 Å². The van der Waals surface area contributed by atoms with Crippen LogP contribution in [0.2, 0.25) is 0 Å². The third-order valence-electron chi connectivity index (χ3n) is 3.58. The van der Waals surface area contributed by atoms with E-state index >= 15 is 0 Å². The summed E-state index contributed by atoms with van der Waals surface area (Å²) in [5.41, 5.74) is 3.37. The van der Waals surface area contributed by atoms with Gasteiger partial charge in [-0.05, 0) is 37.0 Å². The summed E-state index contributed by atoms with van der Waals surface area (Å²) in [6, 6.07) is 8.44. The van der Waals surface area contributed by atoms with E-state index in [2.05, 4.69) is 34.2 Å². The first-order valence-corrected chi connectivity index (χ1v) is 6.22. The molecule has 3 nitrogen and oxygen atoms in total. The van der Waals surface area contributed by atoms with Crippen molar-refractivity contribution in [1.29, 1.82) is 5.26 Å². The molecule has 0 aliphatic heterocycles. The number of aromatic amines is 1. The van der Waals surface area contributed by atoms with Gasteiger partial charge < -0.3 is 4.98 Å². The van der Waals surface area contributed by atoms with Crippen LogP contribution in [-0.2, 0) is 6.42 Å². The third-order valence-corrected chi connectivity index (χ3v) is 3.58. The lowest BCUT2D eigenvalue weighted by Crippen LogP contribution is -2.10. The zero-order valence-corrected chi connectivity index (χ0v) is 9.74. The minimum absolute atomic E-state index is 0.578. The van der Waals surface area contributed by atoms with E-state index in [0.717, 1.165) is 23.3 Å². The molecule has 86 valence electrons. The van der Waals surface area contributed by atoms with Gasteiger partial charge in [-0.1, -0.05) is 12.5 Å². The maximum Gasteiger partial charge on any atom is 0.110 e. The maximum atomic E-state index is 8.59. The van der Waals surface area contributed by atoms with Gasteiger partial charge in [-0.3, -0.25) is 0 Å². The number of imidazole rings is 1. The fraction of sp³-hybridized carbons (Fsp3) is 0.429. The van der Waals surface area contributed by atoms with Crippen LogP contribution in [0, 0.1) is 11.3 Å². The SMILES string of the molecule is N#CCCc1ccc2nc(C3CCC3)[nH]c2c1. The molecule has 1 heterocycles. The predicted octanol–water partition coefficient (Wildman–Crippen LogP) is 3.29. The second-order valence-corrected chi connectivity index (χ2v) is 4.76. The first-order valence-electron chi connectivity index (χ1n) is 6.22. The van der Waals surface area contributed by atoms with Gasteiger partial charge in [-0.2, -0.15) is 5.26 Å². The van der Waals surface area contributed by atoms with E-state index in [1.165, 1.54) is 24.8 Å². The highest BCUT2D eigenvalue weighted by Crippen LogP contribution is 2.35. The fourth-order valence-electron chi connectivity index (χ4n) is 2.31. The van der Waals surface area contributed by atoms with Gasteiger partial charge in [0.15, 0.2) is 0 Å². The minimum atomic E-state index is 0.578. The van der Waals surface area contributed by atoms with Crippen molar-refractivity contribution in [1.82, 2.24) is 9.97 Å². The average Bonchev–Trinajstić information content (AvgIpc) is 2.66. The second kappa shape index (κ2) is 4.21. The van der Waals surface area contributed by atoms with Crippen LogP contribution in [0.25, 0.3) is 11.0 Å². The van der Waals surface area contributed by atoms with Crippen molar-refractivity contribution in [3.63, 3.8) is 0 Å². The Kier molecular flexibility index (Phi) is 2.56. The number of H-pyrrole nitrogens is 1. The van der Waals surface area contributed by atoms with E-state index in [1.807, 2.05) is 0 Å². The monoisotopic (exact) mass is 225 g/mol. The number of nitrogens with one attached hydrogen (secondary N) is 1. The summed E-state index contributed by atoms with van der Waals surface area (Å²) >= 11 is 0. The van der Waals surface area contributed by atoms with Crippen molar-refractivity contribution >= 4 is 11.0 Å². The van der Waals surface area contributed by atoms with Gasteiger partial charge in [0.1, 0.15) is 5.82 Å². The van der Waals surface area contributed by atoms with Crippen LogP contribution in [0.3, 0.4) is 0 Å². The summed E-state index contributed by atoms with van der Waals surface area (Å²) in [5.74, 6) is 1.79. The van der Waals surface area contributed by atoms with Gasteiger partial charge in [0.25, 0.3) is 0 Å². The highest BCUT2D eigenvalue weighted by molar-refractivity contribution is 5.76. The Morgan fingerprint density at radius 1 is 1.41 bits per heavy atom. The number of hydrogen-bond donors (Lipinski definition) is 1. The van der Waals surface area contributed by atoms with Crippen LogP contribution in [0.1, 0.15) is 43.0 Å². The fourth-order valence-corrected chi connectivity index (χ4v) is 2.31. The van der Waals surface area contributed by atoms with Gasteiger partial charge in [0, 0.05) is 12.3 Å². The van der Waals surface area contributed by atoms with Crippen molar-refractivity contribution in [2.24, 2.45) is 0 Å². The molecule has 0 saturated heterocycles. The number of rotatable bonds is 3. The minimum Gasteiger partial charge on any atom is -0.342 e. The van der Waals surface area contributed by atoms with Gasteiger partial charge in [-0.15, -0.1) is 0 Å². The van der Waals surface area contributed by atoms with Crippen molar-refractivity contribution in [2.45, 2.75) is 38.0 Å². The Hall–Kier alpha value is -1.82. The Balaban J connectivity index is 1.90. The maximum absolute atomic E-state index is 8.59. The zero-order valence-electron chi connectivity index (χ0n) is 9.74. The summed E-state index contributed by atoms with van der Waals surface area (Å²) in [5, 5.41) is 8.59. The molecule has 17 heavy (non-hydrogen) atoms. The van der Waals surface area contributed by atoms with Crippen molar-refractivity contribution in [3.05, 3.63) is 29.6 Å². The number of aromatic nitrogens is 2. The normalized spacial score (nSPS) is 15.7. The molecule has 1 aromatic carbocycles. The van der Waals surface area contributed by atoms with Gasteiger partial charge >= 0.3 is 0 Å². The van der Waals surface area contributed by atoms with Crippen LogP contribution in [0.4, 0.5) is 0 Å². The number of hydrogen-bond acceptors (Lipinski definition) is 2. The topological polar surface area (TPSA) is 52.5 Å². The molecule has 1 fully saturated rings. The molecule has 1 aliphatic carbocycles. The lowest BCUT2D eigenvalue weighted by Gasteiger charge is -2.22. The van der Waals surface area contributed by atoms with Crippen LogP contribution >= 0.6 is 0 Å². The molecule has 3 heteroatoms. The molecule has 2 aromatic rings. The average molecular weight is 225 g/mol. The Bertz CT molecular complexity index is 573. The van der Waals surface area contributed by atoms with Gasteiger partial charge in [0.2, 0.25) is 0 Å². The van der Waals surface area contributed by atoms with Gasteiger partial charge in [-0.25, -0.2) is 4.98 Å². The summed E-state index contributed by atoms with van der Waals surface area (Å²) < 4.78 is 0. The van der Waals surface area contributed by atoms with Crippen LogP contribution in [0.5, 0.6) is 0 Å². The number of fused-ring (bicyclic) bond motifs is 1. The number of aryl methyl sites for hydroxylation is 1. The first-order chi connectivity index (χ1) is 8.36. The lowest BCUT2D eigenvalue weighted by molar-refractivity contribution is 0.405. The van der Waals surface area contributed by atoms with Crippen LogP contribution in [-0.4, -0.2) is 9.97 Å². The number of benzene rings is 1. The molecule has 0 amide bonds. The van der Waals surface area contributed by atoms with E-state index in [0.29, 0.717) is 12.3 Å². The van der Waals surface area contributed by atoms with E-state index in [9.17, 15) is 0 Å². The van der Waals surface area contributed by atoms with Crippen LogP contribution < -0.4 is 0 Å². The van der Waals surface area contributed by atoms with E-state index < -0.39 is 0 Å². The lowest BCUT2D eigenvalue weighted by atomic mass is 9.85. The van der Waals surface area contributed by atoms with E-state index in [-0.39, 0.29) is 0 Å².